The van der Waals surface area contributed by atoms with Crippen molar-refractivity contribution in [2.45, 2.75) is 6.92 Å². The summed E-state index contributed by atoms with van der Waals surface area (Å²) >= 11 is 0. The fourth-order valence-electron chi connectivity index (χ4n) is 0.332. The summed E-state index contributed by atoms with van der Waals surface area (Å²) in [5, 5.41) is 8.51. The lowest BCUT2D eigenvalue weighted by molar-refractivity contribution is -0.164. The van der Waals surface area contributed by atoms with E-state index in [1.165, 1.54) is 0 Å². The lowest BCUT2D eigenvalue weighted by Crippen LogP contribution is -2.30. The Labute approximate surface area is 67.7 Å². The number of amides is 1. The molecule has 1 amide bonds. The average molecular weight is 197 g/mol. The monoisotopic (exact) mass is 197 g/mol. The van der Waals surface area contributed by atoms with E-state index in [-0.39, 0.29) is 5.06 Å². The normalized spacial score (nSPS) is 11.0. The van der Waals surface area contributed by atoms with Crippen LogP contribution in [0.15, 0.2) is 0 Å². The van der Waals surface area contributed by atoms with Crippen LogP contribution in [0, 0.1) is 0 Å². The second-order valence-corrected chi connectivity index (χ2v) is 3.60. The Kier molecular flexibility index (Phi) is 3.54. The lowest BCUT2D eigenvalue weighted by atomic mass is 10.6. The first-order valence-corrected chi connectivity index (χ1v) is 4.42. The minimum Gasteiger partial charge on any atom is -0.319 e. The molecule has 0 saturated heterocycles. The summed E-state index contributed by atoms with van der Waals surface area (Å²) in [6, 6.07) is 0. The van der Waals surface area contributed by atoms with Crippen molar-refractivity contribution < 1.29 is 29.1 Å². The largest absolute Gasteiger partial charge is 0.393 e. The molecule has 0 aromatic carbocycles. The number of carbonyl (C=O) groups is 2. The molecule has 12 heavy (non-hydrogen) atoms. The molecule has 0 rings (SSSR count). The molecule has 0 heterocycles. The Morgan fingerprint density at radius 3 is 2.08 bits per heavy atom. The minimum absolute atomic E-state index is 0.0680. The number of hydrogen-bond donors (Lipinski definition) is 3. The highest BCUT2D eigenvalue weighted by Gasteiger charge is 2.27. The Bertz CT molecular complexity index is 244. The van der Waals surface area contributed by atoms with Crippen molar-refractivity contribution in [3.63, 3.8) is 0 Å². The number of rotatable bonds is 3. The predicted molar refractivity (Wildman–Crippen MR) is 36.2 cm³/mol. The van der Waals surface area contributed by atoms with Crippen LogP contribution in [-0.2, 0) is 14.2 Å². The van der Waals surface area contributed by atoms with Gasteiger partial charge in [0.05, 0.1) is 0 Å². The van der Waals surface area contributed by atoms with Crippen LogP contribution in [0.5, 0.6) is 0 Å². The molecule has 0 spiro atoms. The van der Waals surface area contributed by atoms with E-state index in [0.29, 0.717) is 0 Å². The Balaban J connectivity index is 4.21. The third kappa shape index (κ3) is 3.59. The minimum atomic E-state index is -4.84. The van der Waals surface area contributed by atoms with Crippen molar-refractivity contribution in [2.24, 2.45) is 0 Å². The molecule has 0 aliphatic heterocycles. The fourth-order valence-corrected chi connectivity index (χ4v) is 0.650. The Morgan fingerprint density at radius 2 is 1.83 bits per heavy atom. The van der Waals surface area contributed by atoms with E-state index >= 15 is 0 Å². The van der Waals surface area contributed by atoms with Crippen LogP contribution < -0.4 is 0 Å². The van der Waals surface area contributed by atoms with E-state index in [2.05, 4.69) is 0 Å². The van der Waals surface area contributed by atoms with Gasteiger partial charge in [0.15, 0.2) is 0 Å². The van der Waals surface area contributed by atoms with Crippen molar-refractivity contribution in [1.29, 1.82) is 0 Å². The van der Waals surface area contributed by atoms with Crippen LogP contribution >= 0.6 is 7.60 Å². The van der Waals surface area contributed by atoms with Gasteiger partial charge in [0.1, 0.15) is 6.54 Å². The van der Waals surface area contributed by atoms with E-state index in [4.69, 9.17) is 15.0 Å². The lowest BCUT2D eigenvalue weighted by Gasteiger charge is -2.11. The second kappa shape index (κ2) is 3.77. The number of hydroxylamine groups is 2. The van der Waals surface area contributed by atoms with Gasteiger partial charge in [-0.2, -0.15) is 0 Å². The SMILES string of the molecule is CC(=O)N(O)CC(=O)P(=O)(O)O. The third-order valence-electron chi connectivity index (χ3n) is 0.973. The number of nitrogens with zero attached hydrogens (tertiary/aromatic N) is 1. The zero-order valence-electron chi connectivity index (χ0n) is 6.17. The molecule has 70 valence electrons. The fraction of sp³-hybridized carbons (Fsp3) is 0.500. The smallest absolute Gasteiger partial charge is 0.319 e. The van der Waals surface area contributed by atoms with E-state index < -0.39 is 25.6 Å². The summed E-state index contributed by atoms with van der Waals surface area (Å²) in [7, 11) is -4.84. The van der Waals surface area contributed by atoms with Gasteiger partial charge >= 0.3 is 7.60 Å². The van der Waals surface area contributed by atoms with Crippen molar-refractivity contribution in [3.05, 3.63) is 0 Å². The first kappa shape index (κ1) is 11.2. The standard InChI is InChI=1S/C4H8NO6P/c1-3(6)5(8)2-4(7)12(9,10)11/h8H,2H2,1H3,(H2,9,10,11). The van der Waals surface area contributed by atoms with Crippen molar-refractivity contribution in [2.75, 3.05) is 6.54 Å². The quantitative estimate of drug-likeness (QED) is 0.301. The molecule has 0 aliphatic carbocycles. The van der Waals surface area contributed by atoms with Gasteiger partial charge in [-0.15, -0.1) is 0 Å². The van der Waals surface area contributed by atoms with Gasteiger partial charge in [0.25, 0.3) is 5.52 Å². The maximum absolute atomic E-state index is 10.5. The van der Waals surface area contributed by atoms with Crippen LogP contribution in [0.4, 0.5) is 0 Å². The molecular formula is C4H8NO6P. The predicted octanol–water partition coefficient (Wildman–Crippen LogP) is -1.07. The summed E-state index contributed by atoms with van der Waals surface area (Å²) in [5.41, 5.74) is -1.50. The van der Waals surface area contributed by atoms with Gasteiger partial charge in [-0.1, -0.05) is 0 Å². The molecule has 8 heteroatoms. The molecular weight excluding hydrogens is 189 g/mol. The third-order valence-corrected chi connectivity index (χ3v) is 1.76. The van der Waals surface area contributed by atoms with E-state index in [1.54, 1.807) is 0 Å². The van der Waals surface area contributed by atoms with Crippen LogP contribution in [0.3, 0.4) is 0 Å². The summed E-state index contributed by atoms with van der Waals surface area (Å²) in [6.45, 7) is -0.0490. The summed E-state index contributed by atoms with van der Waals surface area (Å²) in [4.78, 5) is 37.2. The van der Waals surface area contributed by atoms with Crippen molar-refractivity contribution in [3.8, 4) is 0 Å². The summed E-state index contributed by atoms with van der Waals surface area (Å²) in [6.07, 6.45) is 0. The van der Waals surface area contributed by atoms with Gasteiger partial charge in [0, 0.05) is 6.92 Å². The summed E-state index contributed by atoms with van der Waals surface area (Å²) < 4.78 is 10.2. The van der Waals surface area contributed by atoms with Crippen LogP contribution in [0.25, 0.3) is 0 Å². The Morgan fingerprint density at radius 1 is 1.42 bits per heavy atom. The number of carbonyl (C=O) groups excluding carboxylic acids is 2. The van der Waals surface area contributed by atoms with Gasteiger partial charge in [-0.05, 0) is 0 Å². The average Bonchev–Trinajstić information content (AvgIpc) is 1.85. The molecule has 0 radical (unpaired) electrons. The summed E-state index contributed by atoms with van der Waals surface area (Å²) in [5.74, 6) is -0.864. The zero-order chi connectivity index (χ0) is 9.94. The highest BCUT2D eigenvalue weighted by atomic mass is 31.2. The molecule has 0 atom stereocenters. The molecule has 0 aliphatic rings. The number of hydrogen-bond acceptors (Lipinski definition) is 4. The van der Waals surface area contributed by atoms with E-state index in [9.17, 15) is 14.2 Å². The highest BCUT2D eigenvalue weighted by Crippen LogP contribution is 2.35. The molecule has 0 aromatic rings. The van der Waals surface area contributed by atoms with Crippen LogP contribution in [0.1, 0.15) is 6.92 Å². The molecule has 3 N–H and O–H groups in total. The van der Waals surface area contributed by atoms with E-state index in [1.807, 2.05) is 0 Å². The van der Waals surface area contributed by atoms with Crippen molar-refractivity contribution >= 4 is 19.0 Å². The van der Waals surface area contributed by atoms with Crippen LogP contribution in [-0.4, -0.2) is 38.0 Å². The van der Waals surface area contributed by atoms with Crippen LogP contribution in [0.2, 0.25) is 0 Å². The maximum Gasteiger partial charge on any atom is 0.393 e. The molecule has 0 saturated carbocycles. The first-order valence-electron chi connectivity index (χ1n) is 2.81. The molecule has 0 aromatic heterocycles. The molecule has 0 fully saturated rings. The first-order chi connectivity index (χ1) is 5.25. The Hall–Kier alpha value is -0.750. The van der Waals surface area contributed by atoms with Crippen molar-refractivity contribution in [1.82, 2.24) is 5.06 Å². The van der Waals surface area contributed by atoms with Gasteiger partial charge in [-0.3, -0.25) is 19.4 Å². The van der Waals surface area contributed by atoms with E-state index in [0.717, 1.165) is 6.92 Å². The highest BCUT2D eigenvalue weighted by molar-refractivity contribution is 7.70. The van der Waals surface area contributed by atoms with Gasteiger partial charge < -0.3 is 9.79 Å². The molecule has 7 nitrogen and oxygen atoms in total. The van der Waals surface area contributed by atoms with Gasteiger partial charge in [0.2, 0.25) is 5.91 Å². The van der Waals surface area contributed by atoms with Gasteiger partial charge in [-0.25, -0.2) is 5.06 Å². The maximum atomic E-state index is 10.5. The molecule has 0 bridgehead atoms. The second-order valence-electron chi connectivity index (χ2n) is 2.01. The molecule has 0 unspecified atom stereocenters. The topological polar surface area (TPSA) is 115 Å². The zero-order valence-corrected chi connectivity index (χ0v) is 7.06.